The van der Waals surface area contributed by atoms with Gasteiger partial charge in [0.1, 0.15) is 12.3 Å². The molecule has 2 aliphatic heterocycles. The Labute approximate surface area is 229 Å². The number of benzene rings is 2. The van der Waals surface area contributed by atoms with E-state index in [1.165, 1.54) is 5.01 Å². The molecule has 2 aromatic carbocycles. The first kappa shape index (κ1) is 27.9. The maximum absolute atomic E-state index is 13.8. The van der Waals surface area contributed by atoms with Crippen LogP contribution in [0.25, 0.3) is 0 Å². The van der Waals surface area contributed by atoms with Crippen molar-refractivity contribution in [3.05, 3.63) is 64.7 Å². The van der Waals surface area contributed by atoms with Crippen LogP contribution >= 0.6 is 11.6 Å². The van der Waals surface area contributed by atoms with E-state index in [9.17, 15) is 9.59 Å². The molecular weight excluding hydrogens is 506 g/mol. The number of hydrazone groups is 1. The van der Waals surface area contributed by atoms with Crippen molar-refractivity contribution < 1.29 is 19.1 Å². The number of halogens is 1. The number of amides is 3. The number of carbonyl (C=O) groups is 2. The maximum atomic E-state index is 13.8. The normalized spacial score (nSPS) is 17.9. The van der Waals surface area contributed by atoms with Crippen LogP contribution in [0.5, 0.6) is 5.75 Å². The van der Waals surface area contributed by atoms with Gasteiger partial charge >= 0.3 is 6.03 Å². The van der Waals surface area contributed by atoms with Gasteiger partial charge in [0.25, 0.3) is 5.91 Å². The van der Waals surface area contributed by atoms with Gasteiger partial charge in [-0.1, -0.05) is 41.9 Å². The summed E-state index contributed by atoms with van der Waals surface area (Å²) < 4.78 is 10.7. The molecule has 0 aromatic heterocycles. The summed E-state index contributed by atoms with van der Waals surface area (Å²) in [7, 11) is 1.62. The van der Waals surface area contributed by atoms with Gasteiger partial charge in [-0.15, -0.1) is 0 Å². The number of morpholine rings is 1. The van der Waals surface area contributed by atoms with Crippen molar-refractivity contribution in [2.75, 3.05) is 53.0 Å². The van der Waals surface area contributed by atoms with Gasteiger partial charge in [-0.05, 0) is 37.6 Å². The minimum absolute atomic E-state index is 0.0489. The van der Waals surface area contributed by atoms with Gasteiger partial charge in [-0.3, -0.25) is 9.69 Å². The second-order valence-corrected chi connectivity index (χ2v) is 10.1. The smallest absolute Gasteiger partial charge is 0.318 e. The first-order valence-electron chi connectivity index (χ1n) is 13.0. The average molecular weight is 542 g/mol. The third kappa shape index (κ3) is 7.03. The van der Waals surface area contributed by atoms with Crippen LogP contribution in [0.15, 0.2) is 53.6 Å². The van der Waals surface area contributed by atoms with Crippen LogP contribution in [0.4, 0.5) is 4.79 Å². The molecule has 0 aliphatic carbocycles. The maximum Gasteiger partial charge on any atom is 0.318 e. The summed E-state index contributed by atoms with van der Waals surface area (Å²) >= 11 is 6.48. The molecule has 38 heavy (non-hydrogen) atoms. The van der Waals surface area contributed by atoms with Gasteiger partial charge in [-0.2, -0.15) is 5.10 Å². The highest BCUT2D eigenvalue weighted by Gasteiger charge is 2.35. The van der Waals surface area contributed by atoms with Crippen LogP contribution in [-0.4, -0.2) is 91.5 Å². The number of carbonyl (C=O) groups excluding carboxylic acids is 2. The minimum Gasteiger partial charge on any atom is -0.497 e. The molecule has 1 fully saturated rings. The first-order chi connectivity index (χ1) is 18.4. The lowest BCUT2D eigenvalue weighted by atomic mass is 9.98. The Bertz CT molecular complexity index is 1130. The third-order valence-corrected chi connectivity index (χ3v) is 7.00. The Balaban J connectivity index is 1.57. The molecule has 0 bridgehead atoms. The fourth-order valence-corrected chi connectivity index (χ4v) is 4.84. The monoisotopic (exact) mass is 541 g/mol. The van der Waals surface area contributed by atoms with E-state index in [0.29, 0.717) is 37.7 Å². The second-order valence-electron chi connectivity index (χ2n) is 9.74. The Hall–Kier alpha value is -3.14. The van der Waals surface area contributed by atoms with Gasteiger partial charge in [0, 0.05) is 49.2 Å². The SMILES string of the molecule is COc1ccc([C@@H]2CC(c3ccccc3Cl)=NN2C(=O)CN(CCN2CCOCC2)C(=O)NC(C)C)cc1. The van der Waals surface area contributed by atoms with Crippen molar-refractivity contribution in [2.45, 2.75) is 32.4 Å². The van der Waals surface area contributed by atoms with E-state index in [1.54, 1.807) is 12.0 Å². The number of ether oxygens (including phenoxy) is 2. The van der Waals surface area contributed by atoms with Crippen LogP contribution in [0.1, 0.15) is 37.4 Å². The van der Waals surface area contributed by atoms with E-state index in [4.69, 9.17) is 26.2 Å². The third-order valence-electron chi connectivity index (χ3n) is 6.67. The van der Waals surface area contributed by atoms with E-state index >= 15 is 0 Å². The van der Waals surface area contributed by atoms with E-state index in [1.807, 2.05) is 62.4 Å². The summed E-state index contributed by atoms with van der Waals surface area (Å²) in [6, 6.07) is 14.5. The number of nitrogens with one attached hydrogen (secondary N) is 1. The summed E-state index contributed by atoms with van der Waals surface area (Å²) in [4.78, 5) is 30.7. The summed E-state index contributed by atoms with van der Waals surface area (Å²) in [5.74, 6) is 0.477. The first-order valence-corrected chi connectivity index (χ1v) is 13.4. The molecule has 0 unspecified atom stereocenters. The van der Waals surface area contributed by atoms with Crippen molar-refractivity contribution in [2.24, 2.45) is 5.10 Å². The molecule has 10 heteroatoms. The number of methoxy groups -OCH3 is 1. The number of hydrogen-bond acceptors (Lipinski definition) is 6. The van der Waals surface area contributed by atoms with E-state index < -0.39 is 0 Å². The standard InChI is InChI=1S/C28H36ClN5O4/c1-20(2)30-28(36)33(13-12-32-14-16-38-17-15-32)19-27(35)34-26(21-8-10-22(37-3)11-9-21)18-25(31-34)23-6-4-5-7-24(23)29/h4-11,20,26H,12-19H2,1-3H3,(H,30,36)/t26-/m0/s1. The fraction of sp³-hybridized carbons (Fsp3) is 0.464. The Morgan fingerprint density at radius 2 is 1.87 bits per heavy atom. The van der Waals surface area contributed by atoms with Crippen LogP contribution in [0, 0.1) is 0 Å². The Kier molecular flexibility index (Phi) is 9.60. The topological polar surface area (TPSA) is 86.7 Å². The zero-order chi connectivity index (χ0) is 27.1. The van der Waals surface area contributed by atoms with E-state index in [-0.39, 0.29) is 30.6 Å². The molecular formula is C28H36ClN5O4. The second kappa shape index (κ2) is 13.1. The van der Waals surface area contributed by atoms with Crippen molar-refractivity contribution in [1.82, 2.24) is 20.1 Å². The highest BCUT2D eigenvalue weighted by atomic mass is 35.5. The highest BCUT2D eigenvalue weighted by molar-refractivity contribution is 6.34. The Morgan fingerprint density at radius 1 is 1.16 bits per heavy atom. The van der Waals surface area contributed by atoms with Gasteiger partial charge in [0.05, 0.1) is 32.1 Å². The summed E-state index contributed by atoms with van der Waals surface area (Å²) in [5.41, 5.74) is 2.46. The minimum atomic E-state index is -0.325. The van der Waals surface area contributed by atoms with Gasteiger partial charge < -0.3 is 19.7 Å². The number of hydrogen-bond donors (Lipinski definition) is 1. The lowest BCUT2D eigenvalue weighted by molar-refractivity contribution is -0.133. The molecule has 0 spiro atoms. The highest BCUT2D eigenvalue weighted by Crippen LogP contribution is 2.35. The molecule has 3 amide bonds. The molecule has 0 saturated carbocycles. The molecule has 2 aliphatic rings. The molecule has 1 N–H and O–H groups in total. The summed E-state index contributed by atoms with van der Waals surface area (Å²) in [5, 5.41) is 9.76. The molecule has 4 rings (SSSR count). The average Bonchev–Trinajstić information content (AvgIpc) is 3.37. The predicted octanol–water partition coefficient (Wildman–Crippen LogP) is 3.78. The van der Waals surface area contributed by atoms with Crippen molar-refractivity contribution >= 4 is 29.3 Å². The molecule has 0 radical (unpaired) electrons. The van der Waals surface area contributed by atoms with Crippen LogP contribution < -0.4 is 10.1 Å². The van der Waals surface area contributed by atoms with Crippen molar-refractivity contribution in [3.63, 3.8) is 0 Å². The number of rotatable bonds is 9. The van der Waals surface area contributed by atoms with Gasteiger partial charge in [-0.25, -0.2) is 9.80 Å². The quantitative estimate of drug-likeness (QED) is 0.522. The lowest BCUT2D eigenvalue weighted by Gasteiger charge is -2.31. The van der Waals surface area contributed by atoms with Crippen molar-refractivity contribution in [3.8, 4) is 5.75 Å². The Morgan fingerprint density at radius 3 is 2.53 bits per heavy atom. The van der Waals surface area contributed by atoms with E-state index in [0.717, 1.165) is 35.7 Å². The molecule has 2 heterocycles. The molecule has 1 saturated heterocycles. The molecule has 9 nitrogen and oxygen atoms in total. The number of urea groups is 1. The fourth-order valence-electron chi connectivity index (χ4n) is 4.60. The number of nitrogens with zero attached hydrogens (tertiary/aromatic N) is 4. The van der Waals surface area contributed by atoms with Crippen LogP contribution in [0.2, 0.25) is 5.02 Å². The molecule has 204 valence electrons. The van der Waals surface area contributed by atoms with Crippen LogP contribution in [-0.2, 0) is 9.53 Å². The van der Waals surface area contributed by atoms with Crippen LogP contribution in [0.3, 0.4) is 0 Å². The van der Waals surface area contributed by atoms with E-state index in [2.05, 4.69) is 10.2 Å². The molecule has 2 aromatic rings. The van der Waals surface area contributed by atoms with Gasteiger partial charge in [0.2, 0.25) is 0 Å². The van der Waals surface area contributed by atoms with Gasteiger partial charge in [0.15, 0.2) is 0 Å². The zero-order valence-corrected chi connectivity index (χ0v) is 23.0. The van der Waals surface area contributed by atoms with Crippen molar-refractivity contribution in [1.29, 1.82) is 0 Å². The molecule has 1 atom stereocenters. The summed E-state index contributed by atoms with van der Waals surface area (Å²) in [6.07, 6.45) is 0.508. The lowest BCUT2D eigenvalue weighted by Crippen LogP contribution is -2.50. The zero-order valence-electron chi connectivity index (χ0n) is 22.2. The predicted molar refractivity (Wildman–Crippen MR) is 148 cm³/mol. The largest absolute Gasteiger partial charge is 0.497 e. The summed E-state index contributed by atoms with van der Waals surface area (Å²) in [6.45, 7) is 7.78.